The number of halogens is 1. The first-order valence-corrected chi connectivity index (χ1v) is 10.1. The summed E-state index contributed by atoms with van der Waals surface area (Å²) in [6, 6.07) is 14.9. The van der Waals surface area contributed by atoms with Gasteiger partial charge in [-0.15, -0.1) is 11.3 Å². The molecule has 0 spiro atoms. The van der Waals surface area contributed by atoms with Crippen LogP contribution in [0.2, 0.25) is 0 Å². The van der Waals surface area contributed by atoms with Gasteiger partial charge < -0.3 is 4.98 Å². The van der Waals surface area contributed by atoms with Crippen molar-refractivity contribution in [2.24, 2.45) is 0 Å². The van der Waals surface area contributed by atoms with E-state index in [1.807, 2.05) is 36.4 Å². The summed E-state index contributed by atoms with van der Waals surface area (Å²) in [6.45, 7) is 0. The topological polar surface area (TPSA) is 83.1 Å². The Balaban J connectivity index is 1.52. The number of hydrogen-bond acceptors (Lipinski definition) is 5. The van der Waals surface area contributed by atoms with Crippen molar-refractivity contribution < 1.29 is 4.39 Å². The first kappa shape index (κ1) is 17.0. The molecule has 6 heterocycles. The third-order valence-electron chi connectivity index (χ3n) is 5.00. The molecule has 0 aliphatic rings. The van der Waals surface area contributed by atoms with Crippen molar-refractivity contribution >= 4 is 33.3 Å². The summed E-state index contributed by atoms with van der Waals surface area (Å²) in [6.07, 6.45) is 5.23. The standard InChI is InChI=1S/C22H13FN6S/c23-20-5-4-19(30-20)12-6-8-25-22-13(12)9-17(27-22)21-14-10-16(15-3-1-2-7-24-15)26-11-18(14)28-29-21/h1-11H,(H,25,27)(H,28,29). The molecule has 0 aromatic carbocycles. The van der Waals surface area contributed by atoms with Crippen LogP contribution in [0.5, 0.6) is 0 Å². The molecule has 0 fully saturated rings. The summed E-state index contributed by atoms with van der Waals surface area (Å²) in [5, 5.41) is 9.18. The van der Waals surface area contributed by atoms with Gasteiger partial charge in [-0.05, 0) is 42.5 Å². The maximum Gasteiger partial charge on any atom is 0.176 e. The number of H-pyrrole nitrogens is 2. The molecule has 0 amide bonds. The Kier molecular flexibility index (Phi) is 3.72. The van der Waals surface area contributed by atoms with Crippen LogP contribution in [-0.4, -0.2) is 30.1 Å². The molecule has 0 aliphatic heterocycles. The molecular formula is C22H13FN6S. The quantitative estimate of drug-likeness (QED) is 0.406. The van der Waals surface area contributed by atoms with Gasteiger partial charge in [0.15, 0.2) is 5.13 Å². The maximum absolute atomic E-state index is 13.6. The number of fused-ring (bicyclic) bond motifs is 2. The molecular weight excluding hydrogens is 399 g/mol. The van der Waals surface area contributed by atoms with Gasteiger partial charge in [-0.25, -0.2) is 4.98 Å². The second kappa shape index (κ2) is 6.57. The molecule has 0 unspecified atom stereocenters. The zero-order chi connectivity index (χ0) is 20.1. The molecule has 6 nitrogen and oxygen atoms in total. The first-order valence-electron chi connectivity index (χ1n) is 9.25. The van der Waals surface area contributed by atoms with Crippen molar-refractivity contribution in [2.45, 2.75) is 0 Å². The third-order valence-corrected chi connectivity index (χ3v) is 5.91. The van der Waals surface area contributed by atoms with E-state index in [1.165, 1.54) is 6.07 Å². The van der Waals surface area contributed by atoms with E-state index in [-0.39, 0.29) is 5.13 Å². The number of thiophene rings is 1. The smallest absolute Gasteiger partial charge is 0.176 e. The van der Waals surface area contributed by atoms with Crippen molar-refractivity contribution in [3.63, 3.8) is 0 Å². The Hall–Kier alpha value is -3.91. The molecule has 0 atom stereocenters. The van der Waals surface area contributed by atoms with Gasteiger partial charge in [-0.3, -0.25) is 15.1 Å². The lowest BCUT2D eigenvalue weighted by Crippen LogP contribution is -1.86. The highest BCUT2D eigenvalue weighted by Gasteiger charge is 2.16. The van der Waals surface area contributed by atoms with E-state index in [9.17, 15) is 4.39 Å². The summed E-state index contributed by atoms with van der Waals surface area (Å²) in [4.78, 5) is 17.5. The molecule has 6 aromatic heterocycles. The van der Waals surface area contributed by atoms with Crippen molar-refractivity contribution in [3.05, 3.63) is 72.3 Å². The van der Waals surface area contributed by atoms with Gasteiger partial charge in [0.1, 0.15) is 11.3 Å². The number of aromatic nitrogens is 6. The van der Waals surface area contributed by atoms with Crippen LogP contribution >= 0.6 is 11.3 Å². The van der Waals surface area contributed by atoms with E-state index < -0.39 is 0 Å². The average molecular weight is 412 g/mol. The van der Waals surface area contributed by atoms with Gasteiger partial charge >= 0.3 is 0 Å². The molecule has 0 saturated carbocycles. The summed E-state index contributed by atoms with van der Waals surface area (Å²) in [5.74, 6) is 0. The lowest BCUT2D eigenvalue weighted by Gasteiger charge is -2.00. The number of pyridine rings is 3. The second-order valence-corrected chi connectivity index (χ2v) is 7.84. The van der Waals surface area contributed by atoms with Gasteiger partial charge in [0.25, 0.3) is 0 Å². The highest BCUT2D eigenvalue weighted by atomic mass is 32.1. The minimum absolute atomic E-state index is 0.210. The summed E-state index contributed by atoms with van der Waals surface area (Å²) >= 11 is 1.12. The van der Waals surface area contributed by atoms with Gasteiger partial charge in [-0.1, -0.05) is 6.07 Å². The van der Waals surface area contributed by atoms with Crippen LogP contribution in [0.3, 0.4) is 0 Å². The summed E-state index contributed by atoms with van der Waals surface area (Å²) in [7, 11) is 0. The zero-order valence-corrected chi connectivity index (χ0v) is 16.2. The van der Waals surface area contributed by atoms with Crippen molar-refractivity contribution in [3.8, 4) is 33.2 Å². The van der Waals surface area contributed by atoms with Crippen LogP contribution < -0.4 is 0 Å². The molecule has 0 saturated heterocycles. The Morgan fingerprint density at radius 3 is 2.67 bits per heavy atom. The number of hydrogen-bond donors (Lipinski definition) is 2. The minimum Gasteiger partial charge on any atom is -0.338 e. The van der Waals surface area contributed by atoms with Crippen LogP contribution in [-0.2, 0) is 0 Å². The molecule has 6 rings (SSSR count). The Morgan fingerprint density at radius 2 is 1.83 bits per heavy atom. The van der Waals surface area contributed by atoms with Gasteiger partial charge in [0.2, 0.25) is 0 Å². The molecule has 144 valence electrons. The van der Waals surface area contributed by atoms with E-state index in [1.54, 1.807) is 24.7 Å². The predicted octanol–water partition coefficient (Wildman–Crippen LogP) is 5.43. The minimum atomic E-state index is -0.210. The number of nitrogens with one attached hydrogen (secondary N) is 2. The SMILES string of the molecule is Fc1ccc(-c2ccnc3[nH]c(-c4n[nH]c5cnc(-c6ccccn6)cc45)cc23)s1. The van der Waals surface area contributed by atoms with E-state index in [4.69, 9.17) is 0 Å². The summed E-state index contributed by atoms with van der Waals surface area (Å²) in [5.41, 5.74) is 5.66. The van der Waals surface area contributed by atoms with Crippen molar-refractivity contribution in [2.75, 3.05) is 0 Å². The molecule has 6 aromatic rings. The lowest BCUT2D eigenvalue weighted by atomic mass is 10.1. The molecule has 30 heavy (non-hydrogen) atoms. The zero-order valence-electron chi connectivity index (χ0n) is 15.4. The van der Waals surface area contributed by atoms with Crippen LogP contribution in [0.15, 0.2) is 67.1 Å². The van der Waals surface area contributed by atoms with Crippen molar-refractivity contribution in [1.29, 1.82) is 0 Å². The second-order valence-electron chi connectivity index (χ2n) is 6.81. The molecule has 8 heteroatoms. The maximum atomic E-state index is 13.6. The predicted molar refractivity (Wildman–Crippen MR) is 115 cm³/mol. The molecule has 2 N–H and O–H groups in total. The molecule has 0 radical (unpaired) electrons. The fourth-order valence-corrected chi connectivity index (χ4v) is 4.37. The van der Waals surface area contributed by atoms with Crippen LogP contribution in [0.4, 0.5) is 4.39 Å². The fourth-order valence-electron chi connectivity index (χ4n) is 3.60. The number of aromatic amines is 2. The van der Waals surface area contributed by atoms with Crippen LogP contribution in [0, 0.1) is 5.13 Å². The number of nitrogens with zero attached hydrogens (tertiary/aromatic N) is 4. The van der Waals surface area contributed by atoms with E-state index in [0.717, 1.165) is 66.5 Å². The van der Waals surface area contributed by atoms with Crippen LogP contribution in [0.25, 0.3) is 55.2 Å². The fraction of sp³-hybridized carbons (Fsp3) is 0. The third kappa shape index (κ3) is 2.69. The van der Waals surface area contributed by atoms with Crippen LogP contribution in [0.1, 0.15) is 0 Å². The largest absolute Gasteiger partial charge is 0.338 e. The Labute approximate surface area is 173 Å². The summed E-state index contributed by atoms with van der Waals surface area (Å²) < 4.78 is 13.6. The number of rotatable bonds is 3. The molecule has 0 bridgehead atoms. The highest BCUT2D eigenvalue weighted by molar-refractivity contribution is 7.14. The van der Waals surface area contributed by atoms with Gasteiger partial charge in [-0.2, -0.15) is 9.49 Å². The normalized spacial score (nSPS) is 11.5. The highest BCUT2D eigenvalue weighted by Crippen LogP contribution is 2.36. The Bertz CT molecular complexity index is 1520. The lowest BCUT2D eigenvalue weighted by molar-refractivity contribution is 0.657. The van der Waals surface area contributed by atoms with E-state index in [0.29, 0.717) is 0 Å². The average Bonchev–Trinajstić information content (AvgIpc) is 3.51. The molecule has 0 aliphatic carbocycles. The van der Waals surface area contributed by atoms with Crippen molar-refractivity contribution in [1.82, 2.24) is 30.1 Å². The van der Waals surface area contributed by atoms with E-state index >= 15 is 0 Å². The van der Waals surface area contributed by atoms with Gasteiger partial charge in [0.05, 0.1) is 28.8 Å². The van der Waals surface area contributed by atoms with E-state index in [2.05, 4.69) is 30.1 Å². The first-order chi connectivity index (χ1) is 14.8. The monoisotopic (exact) mass is 412 g/mol. The van der Waals surface area contributed by atoms with Gasteiger partial charge in [0, 0.05) is 33.6 Å². The Morgan fingerprint density at radius 1 is 0.867 bits per heavy atom.